The minimum absolute atomic E-state index is 0.316. The van der Waals surface area contributed by atoms with Crippen molar-refractivity contribution in [3.05, 3.63) is 52.5 Å². The van der Waals surface area contributed by atoms with E-state index in [1.165, 1.54) is 18.3 Å². The first-order valence-corrected chi connectivity index (χ1v) is 6.93. The topological polar surface area (TPSA) is 74.8 Å². The predicted molar refractivity (Wildman–Crippen MR) is 71.6 cm³/mol. The number of rotatable bonds is 4. The molecule has 0 aliphatic rings. The number of aromatic nitrogens is 2. The number of nitrogens with one attached hydrogen (secondary N) is 2. The van der Waals surface area contributed by atoms with E-state index in [0.29, 0.717) is 10.8 Å². The summed E-state index contributed by atoms with van der Waals surface area (Å²) in [7, 11) is -3.55. The van der Waals surface area contributed by atoms with Crippen molar-refractivity contribution in [3.63, 3.8) is 0 Å². The summed E-state index contributed by atoms with van der Waals surface area (Å²) in [6.45, 7) is 0. The molecular formula is C11H10ClN3O2S. The Labute approximate surface area is 110 Å². The second-order valence-electron chi connectivity index (χ2n) is 3.47. The van der Waals surface area contributed by atoms with Crippen molar-refractivity contribution in [1.82, 2.24) is 10.2 Å². The summed E-state index contributed by atoms with van der Waals surface area (Å²) in [6, 6.07) is 8.36. The van der Waals surface area contributed by atoms with E-state index >= 15 is 0 Å². The number of anilines is 1. The zero-order valence-corrected chi connectivity index (χ0v) is 10.7. The number of hydrogen-bond donors (Lipinski definition) is 2. The van der Waals surface area contributed by atoms with Crippen LogP contribution in [0.2, 0.25) is 5.02 Å². The second-order valence-corrected chi connectivity index (χ2v) is 5.47. The molecule has 1 aromatic carbocycles. The van der Waals surface area contributed by atoms with Crippen LogP contribution in [0.25, 0.3) is 6.08 Å². The summed E-state index contributed by atoms with van der Waals surface area (Å²) in [4.78, 5) is 0. The van der Waals surface area contributed by atoms with Gasteiger partial charge in [-0.05, 0) is 23.8 Å². The SMILES string of the molecule is O=S(=O)(C=Cc1ccc(Cl)cc1)Nc1ccn[nH]1. The van der Waals surface area contributed by atoms with Gasteiger partial charge in [-0.1, -0.05) is 23.7 Å². The van der Waals surface area contributed by atoms with E-state index in [9.17, 15) is 8.42 Å². The van der Waals surface area contributed by atoms with E-state index in [-0.39, 0.29) is 0 Å². The number of benzene rings is 1. The molecule has 1 aromatic heterocycles. The lowest BCUT2D eigenvalue weighted by Gasteiger charge is -2.00. The highest BCUT2D eigenvalue weighted by Crippen LogP contribution is 2.12. The second kappa shape index (κ2) is 5.24. The van der Waals surface area contributed by atoms with Crippen LogP contribution in [0.4, 0.5) is 5.82 Å². The molecule has 94 valence electrons. The van der Waals surface area contributed by atoms with Crippen molar-refractivity contribution in [3.8, 4) is 0 Å². The van der Waals surface area contributed by atoms with Gasteiger partial charge in [0.1, 0.15) is 5.82 Å². The molecule has 0 aliphatic carbocycles. The molecule has 0 fully saturated rings. The molecule has 0 spiro atoms. The van der Waals surface area contributed by atoms with Crippen LogP contribution in [-0.4, -0.2) is 18.6 Å². The van der Waals surface area contributed by atoms with Gasteiger partial charge in [0.2, 0.25) is 0 Å². The molecule has 0 aliphatic heterocycles. The van der Waals surface area contributed by atoms with Crippen molar-refractivity contribution in [1.29, 1.82) is 0 Å². The highest BCUT2D eigenvalue weighted by molar-refractivity contribution is 7.95. The highest BCUT2D eigenvalue weighted by atomic mass is 35.5. The Morgan fingerprint density at radius 1 is 1.22 bits per heavy atom. The van der Waals surface area contributed by atoms with Crippen molar-refractivity contribution < 1.29 is 8.42 Å². The average molecular weight is 284 g/mol. The molecule has 2 aromatic rings. The minimum atomic E-state index is -3.55. The van der Waals surface area contributed by atoms with Crippen LogP contribution in [0.3, 0.4) is 0 Å². The number of halogens is 1. The molecule has 18 heavy (non-hydrogen) atoms. The molecule has 0 atom stereocenters. The monoisotopic (exact) mass is 283 g/mol. The number of H-pyrrole nitrogens is 1. The van der Waals surface area contributed by atoms with Gasteiger partial charge in [0.15, 0.2) is 0 Å². The maximum absolute atomic E-state index is 11.7. The lowest BCUT2D eigenvalue weighted by molar-refractivity contribution is 0.609. The Morgan fingerprint density at radius 2 is 1.94 bits per heavy atom. The third-order valence-electron chi connectivity index (χ3n) is 2.06. The summed E-state index contributed by atoms with van der Waals surface area (Å²) in [5.74, 6) is 0.316. The fourth-order valence-electron chi connectivity index (χ4n) is 1.24. The van der Waals surface area contributed by atoms with E-state index in [2.05, 4.69) is 14.9 Å². The predicted octanol–water partition coefficient (Wildman–Crippen LogP) is 2.48. The molecule has 0 unspecified atom stereocenters. The molecule has 0 amide bonds. The molecule has 0 radical (unpaired) electrons. The Bertz CT molecular complexity index is 633. The highest BCUT2D eigenvalue weighted by Gasteiger charge is 2.05. The molecule has 2 rings (SSSR count). The Hall–Kier alpha value is -1.79. The summed E-state index contributed by atoms with van der Waals surface area (Å²) in [5, 5.41) is 7.83. The third kappa shape index (κ3) is 3.61. The largest absolute Gasteiger partial charge is 0.264 e. The van der Waals surface area contributed by atoms with Crippen LogP contribution in [-0.2, 0) is 10.0 Å². The van der Waals surface area contributed by atoms with E-state index in [1.54, 1.807) is 24.3 Å². The quantitative estimate of drug-likeness (QED) is 0.905. The third-order valence-corrected chi connectivity index (χ3v) is 3.31. The molecular weight excluding hydrogens is 274 g/mol. The van der Waals surface area contributed by atoms with Gasteiger partial charge in [0.25, 0.3) is 10.0 Å². The van der Waals surface area contributed by atoms with Crippen LogP contribution < -0.4 is 4.72 Å². The number of sulfonamides is 1. The number of nitrogens with zero attached hydrogens (tertiary/aromatic N) is 1. The number of aromatic amines is 1. The summed E-state index contributed by atoms with van der Waals surface area (Å²) in [5.41, 5.74) is 0.745. The first-order valence-electron chi connectivity index (χ1n) is 5.01. The van der Waals surface area contributed by atoms with Gasteiger partial charge < -0.3 is 0 Å². The molecule has 2 N–H and O–H groups in total. The first kappa shape index (κ1) is 12.7. The zero-order chi connectivity index (χ0) is 13.0. The molecule has 0 saturated carbocycles. The van der Waals surface area contributed by atoms with Gasteiger partial charge in [-0.25, -0.2) is 8.42 Å². The fourth-order valence-corrected chi connectivity index (χ4v) is 2.19. The van der Waals surface area contributed by atoms with Crippen LogP contribution in [0.1, 0.15) is 5.56 Å². The van der Waals surface area contributed by atoms with Gasteiger partial charge in [-0.3, -0.25) is 9.82 Å². The lowest BCUT2D eigenvalue weighted by Crippen LogP contribution is -2.08. The summed E-state index contributed by atoms with van der Waals surface area (Å²) >= 11 is 5.73. The maximum atomic E-state index is 11.7. The summed E-state index contributed by atoms with van der Waals surface area (Å²) < 4.78 is 25.7. The van der Waals surface area contributed by atoms with E-state index in [4.69, 9.17) is 11.6 Å². The average Bonchev–Trinajstić information content (AvgIpc) is 2.80. The molecule has 0 bridgehead atoms. The van der Waals surface area contributed by atoms with Crippen molar-refractivity contribution in [2.75, 3.05) is 4.72 Å². The van der Waals surface area contributed by atoms with Crippen molar-refractivity contribution in [2.45, 2.75) is 0 Å². The molecule has 7 heteroatoms. The van der Waals surface area contributed by atoms with Crippen LogP contribution >= 0.6 is 11.6 Å². The zero-order valence-electron chi connectivity index (χ0n) is 9.17. The Balaban J connectivity index is 2.10. The van der Waals surface area contributed by atoms with E-state index in [0.717, 1.165) is 11.0 Å². The van der Waals surface area contributed by atoms with Gasteiger partial charge in [0, 0.05) is 11.1 Å². The van der Waals surface area contributed by atoms with E-state index in [1.807, 2.05) is 0 Å². The smallest absolute Gasteiger partial charge is 0.256 e. The molecule has 5 nitrogen and oxygen atoms in total. The van der Waals surface area contributed by atoms with Gasteiger partial charge in [-0.15, -0.1) is 0 Å². The van der Waals surface area contributed by atoms with Crippen molar-refractivity contribution >= 4 is 33.5 Å². The number of hydrogen-bond acceptors (Lipinski definition) is 3. The van der Waals surface area contributed by atoms with Gasteiger partial charge >= 0.3 is 0 Å². The van der Waals surface area contributed by atoms with Gasteiger partial charge in [0.05, 0.1) is 11.6 Å². The Kier molecular flexibility index (Phi) is 3.69. The maximum Gasteiger partial charge on any atom is 0.256 e. The van der Waals surface area contributed by atoms with Crippen LogP contribution in [0.15, 0.2) is 41.9 Å². The standard InChI is InChI=1S/C11H10ClN3O2S/c12-10-3-1-9(2-4-10)6-8-18(16,17)15-11-5-7-13-14-11/h1-8H,(H2,13,14,15). The van der Waals surface area contributed by atoms with Crippen molar-refractivity contribution in [2.24, 2.45) is 0 Å². The minimum Gasteiger partial charge on any atom is -0.264 e. The van der Waals surface area contributed by atoms with Gasteiger partial charge in [-0.2, -0.15) is 5.10 Å². The van der Waals surface area contributed by atoms with E-state index < -0.39 is 10.0 Å². The normalized spacial score (nSPS) is 11.8. The molecule has 1 heterocycles. The van der Waals surface area contributed by atoms with Crippen LogP contribution in [0.5, 0.6) is 0 Å². The summed E-state index contributed by atoms with van der Waals surface area (Å²) in [6.07, 6.45) is 2.94. The Morgan fingerprint density at radius 3 is 2.56 bits per heavy atom. The molecule has 0 saturated heterocycles. The van der Waals surface area contributed by atoms with Crippen LogP contribution in [0, 0.1) is 0 Å². The lowest BCUT2D eigenvalue weighted by atomic mass is 10.2. The fraction of sp³-hybridized carbons (Fsp3) is 0. The first-order chi connectivity index (χ1) is 8.55.